The molecular formula is C35H36F3N7O3S. The molecule has 3 aromatic heterocycles. The third-order valence-electron chi connectivity index (χ3n) is 9.58. The second kappa shape index (κ2) is 12.8. The number of rotatable bonds is 9. The Hall–Kier alpha value is -4.43. The van der Waals surface area contributed by atoms with E-state index in [9.17, 15) is 18.7 Å². The Morgan fingerprint density at radius 2 is 2.02 bits per heavy atom. The second-order valence-electron chi connectivity index (χ2n) is 13.0. The number of benzene rings is 2. The number of halogens is 3. The van der Waals surface area contributed by atoms with Gasteiger partial charge in [0, 0.05) is 57.3 Å². The van der Waals surface area contributed by atoms with E-state index in [2.05, 4.69) is 25.0 Å². The van der Waals surface area contributed by atoms with E-state index in [0.717, 1.165) is 25.1 Å². The van der Waals surface area contributed by atoms with Crippen LogP contribution in [0.15, 0.2) is 41.6 Å². The van der Waals surface area contributed by atoms with Gasteiger partial charge in [0.1, 0.15) is 40.6 Å². The SMILES string of the molecule is CCc1c(F)ccc2cc(O)cc(-c3ncc4c(SCc5cc(C(=O)N(C)C)nn5C)nc(OC[C@@]56CCCN5C[C@H](F)C6)nc4c3F)c12. The molecule has 0 aliphatic carbocycles. The molecule has 256 valence electrons. The highest BCUT2D eigenvalue weighted by atomic mass is 32.2. The van der Waals surface area contributed by atoms with Gasteiger partial charge in [-0.3, -0.25) is 19.4 Å². The summed E-state index contributed by atoms with van der Waals surface area (Å²) >= 11 is 1.28. The molecule has 0 bridgehead atoms. The van der Waals surface area contributed by atoms with E-state index in [1.165, 1.54) is 41.1 Å². The van der Waals surface area contributed by atoms with Crippen molar-refractivity contribution in [1.82, 2.24) is 34.5 Å². The predicted molar refractivity (Wildman–Crippen MR) is 181 cm³/mol. The number of pyridine rings is 1. The molecule has 49 heavy (non-hydrogen) atoms. The third kappa shape index (κ3) is 5.94. The number of nitrogens with zero attached hydrogens (tertiary/aromatic N) is 7. The Labute approximate surface area is 285 Å². The Morgan fingerprint density at radius 1 is 1.20 bits per heavy atom. The van der Waals surface area contributed by atoms with Crippen LogP contribution in [-0.4, -0.2) is 91.0 Å². The first-order chi connectivity index (χ1) is 23.5. The number of aromatic nitrogens is 5. The van der Waals surface area contributed by atoms with Gasteiger partial charge in [0.05, 0.1) is 10.9 Å². The lowest BCUT2D eigenvalue weighted by Crippen LogP contribution is -2.43. The molecule has 2 fully saturated rings. The Morgan fingerprint density at radius 3 is 2.80 bits per heavy atom. The molecule has 5 aromatic rings. The minimum Gasteiger partial charge on any atom is -0.508 e. The van der Waals surface area contributed by atoms with Gasteiger partial charge in [-0.25, -0.2) is 13.2 Å². The number of ether oxygens (including phenoxy) is 1. The van der Waals surface area contributed by atoms with E-state index in [4.69, 9.17) is 4.74 Å². The van der Waals surface area contributed by atoms with E-state index in [1.54, 1.807) is 44.9 Å². The summed E-state index contributed by atoms with van der Waals surface area (Å²) in [6.07, 6.45) is 2.91. The predicted octanol–water partition coefficient (Wildman–Crippen LogP) is 6.07. The summed E-state index contributed by atoms with van der Waals surface area (Å²) in [5.41, 5.74) is 0.990. The zero-order valence-corrected chi connectivity index (χ0v) is 28.5. The molecule has 0 unspecified atom stereocenters. The van der Waals surface area contributed by atoms with Crippen molar-refractivity contribution in [2.45, 2.75) is 55.1 Å². The molecule has 1 N–H and O–H groups in total. The van der Waals surface area contributed by atoms with Crippen LogP contribution in [-0.2, 0) is 19.2 Å². The topological polar surface area (TPSA) is 110 Å². The zero-order valence-electron chi connectivity index (χ0n) is 27.6. The number of fused-ring (bicyclic) bond motifs is 3. The molecule has 2 aliphatic rings. The highest BCUT2D eigenvalue weighted by molar-refractivity contribution is 7.98. The number of carbonyl (C=O) groups excluding carboxylic acids is 1. The molecule has 2 atom stereocenters. The number of phenols is 1. The highest BCUT2D eigenvalue weighted by Gasteiger charge is 2.49. The molecule has 2 saturated heterocycles. The van der Waals surface area contributed by atoms with E-state index in [1.807, 2.05) is 0 Å². The van der Waals surface area contributed by atoms with Crippen LogP contribution in [0.4, 0.5) is 13.2 Å². The number of phenolic OH excluding ortho intramolecular Hbond substituents is 1. The van der Waals surface area contributed by atoms with Crippen LogP contribution < -0.4 is 4.74 Å². The van der Waals surface area contributed by atoms with Crippen LogP contribution >= 0.6 is 11.8 Å². The summed E-state index contributed by atoms with van der Waals surface area (Å²) in [7, 11) is 5.04. The van der Waals surface area contributed by atoms with E-state index in [0.29, 0.717) is 57.6 Å². The van der Waals surface area contributed by atoms with Crippen LogP contribution in [0.2, 0.25) is 0 Å². The van der Waals surface area contributed by atoms with Crippen molar-refractivity contribution in [3.05, 3.63) is 65.1 Å². The van der Waals surface area contributed by atoms with Crippen molar-refractivity contribution in [2.24, 2.45) is 7.05 Å². The first-order valence-corrected chi connectivity index (χ1v) is 17.2. The van der Waals surface area contributed by atoms with Crippen molar-refractivity contribution >= 4 is 39.3 Å². The second-order valence-corrected chi connectivity index (χ2v) is 13.9. The van der Waals surface area contributed by atoms with Crippen LogP contribution in [0.5, 0.6) is 11.8 Å². The number of carbonyl (C=O) groups is 1. The summed E-state index contributed by atoms with van der Waals surface area (Å²) in [5, 5.41) is 16.6. The fourth-order valence-corrected chi connectivity index (χ4v) is 8.17. The quantitative estimate of drug-likeness (QED) is 0.146. The van der Waals surface area contributed by atoms with Crippen LogP contribution in [0, 0.1) is 11.6 Å². The number of thioether (sulfide) groups is 1. The number of alkyl halides is 1. The molecular weight excluding hydrogens is 655 g/mol. The van der Waals surface area contributed by atoms with E-state index in [-0.39, 0.29) is 41.0 Å². The lowest BCUT2D eigenvalue weighted by atomic mass is 9.94. The molecule has 14 heteroatoms. The van der Waals surface area contributed by atoms with Gasteiger partial charge in [0.2, 0.25) is 0 Å². The van der Waals surface area contributed by atoms with Crippen LogP contribution in [0.1, 0.15) is 47.9 Å². The Balaban J connectivity index is 1.32. The van der Waals surface area contributed by atoms with Gasteiger partial charge in [-0.15, -0.1) is 0 Å². The van der Waals surface area contributed by atoms with E-state index >= 15 is 4.39 Å². The van der Waals surface area contributed by atoms with Crippen molar-refractivity contribution in [1.29, 1.82) is 0 Å². The molecule has 2 aromatic carbocycles. The maximum atomic E-state index is 16.8. The number of hydrogen-bond donors (Lipinski definition) is 1. The Bertz CT molecular complexity index is 2110. The lowest BCUT2D eigenvalue weighted by molar-refractivity contribution is 0.0821. The van der Waals surface area contributed by atoms with Crippen LogP contribution in [0.25, 0.3) is 32.9 Å². The standard InChI is InChI=1S/C35H36F3N7O3S/c1-5-23-26(37)8-7-19-11-22(46)13-24(28(19)23)30-29(38)31-25(15-39-30)32(49-17-21-12-27(42-44(21)4)33(47)43(2)3)41-34(40-31)48-18-35-9-6-10-45(35)16-20(36)14-35/h7-8,11-13,15,20,46H,5-6,9-10,14,16-18H2,1-4H3/t20-,35+/m1/s1. The first-order valence-electron chi connectivity index (χ1n) is 16.2. The molecule has 10 nitrogen and oxygen atoms in total. The van der Waals surface area contributed by atoms with Crippen molar-refractivity contribution in [2.75, 3.05) is 33.8 Å². The molecule has 0 spiro atoms. The zero-order chi connectivity index (χ0) is 34.6. The largest absolute Gasteiger partial charge is 0.508 e. The average molecular weight is 692 g/mol. The average Bonchev–Trinajstić information content (AvgIpc) is 3.73. The fraction of sp³-hybridized carbons (Fsp3) is 0.400. The normalized spacial score (nSPS) is 19.2. The number of aryl methyl sites for hydroxylation is 2. The minimum atomic E-state index is -0.947. The summed E-state index contributed by atoms with van der Waals surface area (Å²) in [6, 6.07) is 7.39. The van der Waals surface area contributed by atoms with Gasteiger partial charge >= 0.3 is 6.01 Å². The fourth-order valence-electron chi connectivity index (χ4n) is 7.17. The van der Waals surface area contributed by atoms with Crippen molar-refractivity contribution in [3.63, 3.8) is 0 Å². The van der Waals surface area contributed by atoms with Gasteiger partial charge in [0.15, 0.2) is 11.5 Å². The molecule has 5 heterocycles. The first kappa shape index (κ1) is 33.1. The molecule has 1 amide bonds. The van der Waals surface area contributed by atoms with E-state index < -0.39 is 23.3 Å². The van der Waals surface area contributed by atoms with Gasteiger partial charge in [-0.2, -0.15) is 15.1 Å². The Kier molecular flexibility index (Phi) is 8.64. The van der Waals surface area contributed by atoms with Crippen LogP contribution in [0.3, 0.4) is 0 Å². The minimum absolute atomic E-state index is 0.0625. The van der Waals surface area contributed by atoms with Crippen molar-refractivity contribution in [3.8, 4) is 23.0 Å². The molecule has 0 saturated carbocycles. The monoisotopic (exact) mass is 691 g/mol. The molecule has 7 rings (SSSR count). The maximum Gasteiger partial charge on any atom is 0.318 e. The third-order valence-corrected chi connectivity index (χ3v) is 10.6. The maximum absolute atomic E-state index is 16.8. The summed E-state index contributed by atoms with van der Waals surface area (Å²) in [4.78, 5) is 29.8. The smallest absolute Gasteiger partial charge is 0.318 e. The summed E-state index contributed by atoms with van der Waals surface area (Å²) in [6.45, 7) is 3.10. The lowest BCUT2D eigenvalue weighted by Gasteiger charge is -2.30. The highest BCUT2D eigenvalue weighted by Crippen LogP contribution is 2.42. The molecule has 2 aliphatic heterocycles. The number of hydrogen-bond acceptors (Lipinski definition) is 9. The van der Waals surface area contributed by atoms with Gasteiger partial charge in [0.25, 0.3) is 5.91 Å². The number of aromatic hydroxyl groups is 1. The van der Waals surface area contributed by atoms with Gasteiger partial charge < -0.3 is 14.7 Å². The van der Waals surface area contributed by atoms with Crippen molar-refractivity contribution < 1.29 is 27.8 Å². The van der Waals surface area contributed by atoms with Gasteiger partial charge in [-0.05, 0) is 66.4 Å². The molecule has 0 radical (unpaired) electrons. The number of amides is 1. The summed E-state index contributed by atoms with van der Waals surface area (Å²) in [5.74, 6) is -1.24. The van der Waals surface area contributed by atoms with Gasteiger partial charge in [-0.1, -0.05) is 24.8 Å². The summed E-state index contributed by atoms with van der Waals surface area (Å²) < 4.78 is 54.1.